The Morgan fingerprint density at radius 1 is 1.29 bits per heavy atom. The second kappa shape index (κ2) is 7.27. The third-order valence-corrected chi connectivity index (χ3v) is 4.65. The topological polar surface area (TPSA) is 76.1 Å². The van der Waals surface area contributed by atoms with Gasteiger partial charge in [-0.2, -0.15) is 0 Å². The predicted octanol–water partition coefficient (Wildman–Crippen LogP) is 3.63. The number of carbonyl (C=O) groups is 1. The van der Waals surface area contributed by atoms with Crippen molar-refractivity contribution in [1.29, 1.82) is 0 Å². The molecule has 1 aromatic carbocycles. The largest absolute Gasteiger partial charge is 0.496 e. The number of benzene rings is 1. The molecule has 2 amide bonds. The molecule has 2 N–H and O–H groups in total. The Morgan fingerprint density at radius 2 is 2.17 bits per heavy atom. The summed E-state index contributed by atoms with van der Waals surface area (Å²) in [5, 5.41) is 9.52. The van der Waals surface area contributed by atoms with Gasteiger partial charge in [-0.25, -0.2) is 9.78 Å². The predicted molar refractivity (Wildman–Crippen MR) is 95.8 cm³/mol. The zero-order valence-electron chi connectivity index (χ0n) is 13.4. The van der Waals surface area contributed by atoms with Crippen LogP contribution in [0.25, 0.3) is 10.9 Å². The molecule has 0 bridgehead atoms. The van der Waals surface area contributed by atoms with Crippen molar-refractivity contribution in [3.63, 3.8) is 0 Å². The zero-order chi connectivity index (χ0) is 16.9. The maximum absolute atomic E-state index is 12.2. The van der Waals surface area contributed by atoms with Crippen LogP contribution in [0.1, 0.15) is 17.8 Å². The number of nitrogens with zero attached hydrogens (tertiary/aromatic N) is 2. The summed E-state index contributed by atoms with van der Waals surface area (Å²) in [6, 6.07) is 7.12. The molecule has 0 aliphatic rings. The molecule has 124 valence electrons. The van der Waals surface area contributed by atoms with Crippen molar-refractivity contribution in [2.45, 2.75) is 12.8 Å². The lowest BCUT2D eigenvalue weighted by Gasteiger charge is -2.13. The number of carbonyl (C=O) groups excluding carboxylic acids is 1. The summed E-state index contributed by atoms with van der Waals surface area (Å²) in [5.74, 6) is 0.892. The SMILES string of the molecule is COc1ccnc2c(NC(=O)NCC(C)c3nccs3)cccc12. The summed E-state index contributed by atoms with van der Waals surface area (Å²) >= 11 is 1.59. The first kappa shape index (κ1) is 16.2. The van der Waals surface area contributed by atoms with Crippen molar-refractivity contribution in [1.82, 2.24) is 15.3 Å². The molecule has 0 spiro atoms. The number of hydrogen-bond donors (Lipinski definition) is 2. The minimum Gasteiger partial charge on any atom is -0.496 e. The molecular weight excluding hydrogens is 324 g/mol. The van der Waals surface area contributed by atoms with Crippen molar-refractivity contribution in [3.05, 3.63) is 47.0 Å². The van der Waals surface area contributed by atoms with Crippen molar-refractivity contribution in [3.8, 4) is 5.75 Å². The summed E-state index contributed by atoms with van der Waals surface area (Å²) in [4.78, 5) is 20.8. The molecule has 0 radical (unpaired) electrons. The molecule has 0 aliphatic carbocycles. The van der Waals surface area contributed by atoms with Crippen LogP contribution in [-0.4, -0.2) is 29.7 Å². The maximum Gasteiger partial charge on any atom is 0.319 e. The van der Waals surface area contributed by atoms with Crippen LogP contribution in [0.2, 0.25) is 0 Å². The van der Waals surface area contributed by atoms with Crippen LogP contribution in [0.5, 0.6) is 5.75 Å². The molecule has 2 aromatic heterocycles. The number of amides is 2. The number of methoxy groups -OCH3 is 1. The number of nitrogens with one attached hydrogen (secondary N) is 2. The van der Waals surface area contributed by atoms with Gasteiger partial charge < -0.3 is 15.4 Å². The van der Waals surface area contributed by atoms with Gasteiger partial charge in [0.05, 0.1) is 23.3 Å². The molecule has 24 heavy (non-hydrogen) atoms. The van der Waals surface area contributed by atoms with Gasteiger partial charge in [-0.1, -0.05) is 13.0 Å². The van der Waals surface area contributed by atoms with E-state index < -0.39 is 0 Å². The lowest BCUT2D eigenvalue weighted by atomic mass is 10.1. The van der Waals surface area contributed by atoms with Gasteiger partial charge in [-0.3, -0.25) is 4.98 Å². The van der Waals surface area contributed by atoms with E-state index in [2.05, 4.69) is 20.6 Å². The highest BCUT2D eigenvalue weighted by molar-refractivity contribution is 7.09. The Kier molecular flexibility index (Phi) is 4.90. The van der Waals surface area contributed by atoms with Gasteiger partial charge in [0.1, 0.15) is 5.75 Å². The van der Waals surface area contributed by atoms with Crippen LogP contribution < -0.4 is 15.4 Å². The quantitative estimate of drug-likeness (QED) is 0.742. The minimum absolute atomic E-state index is 0.168. The van der Waals surface area contributed by atoms with E-state index in [4.69, 9.17) is 4.74 Å². The first-order valence-corrected chi connectivity index (χ1v) is 8.43. The number of fused-ring (bicyclic) bond motifs is 1. The molecule has 0 saturated heterocycles. The van der Waals surface area contributed by atoms with Gasteiger partial charge in [0, 0.05) is 35.6 Å². The van der Waals surface area contributed by atoms with Crippen LogP contribution in [-0.2, 0) is 0 Å². The Bertz CT molecular complexity index is 836. The van der Waals surface area contributed by atoms with E-state index in [1.165, 1.54) is 0 Å². The number of pyridine rings is 1. The van der Waals surface area contributed by atoms with Gasteiger partial charge in [0.25, 0.3) is 0 Å². The molecule has 2 heterocycles. The van der Waals surface area contributed by atoms with Crippen molar-refractivity contribution < 1.29 is 9.53 Å². The standard InChI is InChI=1S/C17H18N4O2S/c1-11(16-19-8-9-24-16)10-20-17(22)21-13-5-3-4-12-14(23-2)6-7-18-15(12)13/h3-9,11H,10H2,1-2H3,(H2,20,21,22). The summed E-state index contributed by atoms with van der Waals surface area (Å²) in [5.41, 5.74) is 1.34. The van der Waals surface area contributed by atoms with Gasteiger partial charge in [-0.05, 0) is 18.2 Å². The second-order valence-electron chi connectivity index (χ2n) is 5.32. The molecule has 0 fully saturated rings. The minimum atomic E-state index is -0.268. The number of urea groups is 1. The van der Waals surface area contributed by atoms with Crippen LogP contribution in [0.3, 0.4) is 0 Å². The van der Waals surface area contributed by atoms with Crippen LogP contribution >= 0.6 is 11.3 Å². The number of thiazole rings is 1. The van der Waals surface area contributed by atoms with Gasteiger partial charge in [-0.15, -0.1) is 11.3 Å². The van der Waals surface area contributed by atoms with Gasteiger partial charge in [0.2, 0.25) is 0 Å². The van der Waals surface area contributed by atoms with E-state index in [1.54, 1.807) is 36.9 Å². The fraction of sp³-hybridized carbons (Fsp3) is 0.235. The van der Waals surface area contributed by atoms with Gasteiger partial charge >= 0.3 is 6.03 Å². The molecule has 7 heteroatoms. The molecule has 0 aliphatic heterocycles. The van der Waals surface area contributed by atoms with Crippen molar-refractivity contribution in [2.24, 2.45) is 0 Å². The Balaban J connectivity index is 1.69. The Morgan fingerprint density at radius 3 is 2.92 bits per heavy atom. The smallest absolute Gasteiger partial charge is 0.319 e. The first-order chi connectivity index (χ1) is 11.7. The highest BCUT2D eigenvalue weighted by atomic mass is 32.1. The van der Waals surface area contributed by atoms with Crippen molar-refractivity contribution in [2.75, 3.05) is 19.0 Å². The molecule has 3 aromatic rings. The number of anilines is 1. The Labute approximate surface area is 143 Å². The summed E-state index contributed by atoms with van der Waals surface area (Å²) in [6.07, 6.45) is 3.43. The van der Waals surface area contributed by atoms with Gasteiger partial charge in [0.15, 0.2) is 0 Å². The number of ether oxygens (including phenoxy) is 1. The Hall–Kier alpha value is -2.67. The highest BCUT2D eigenvalue weighted by Gasteiger charge is 2.12. The molecular formula is C17H18N4O2S. The summed E-state index contributed by atoms with van der Waals surface area (Å²) < 4.78 is 5.33. The third-order valence-electron chi connectivity index (χ3n) is 3.64. The monoisotopic (exact) mass is 342 g/mol. The third kappa shape index (κ3) is 3.46. The fourth-order valence-electron chi connectivity index (χ4n) is 2.41. The molecule has 1 atom stereocenters. The van der Waals surface area contributed by atoms with E-state index in [0.29, 0.717) is 17.7 Å². The molecule has 6 nitrogen and oxygen atoms in total. The van der Waals surface area contributed by atoms with E-state index in [9.17, 15) is 4.79 Å². The number of para-hydroxylation sites is 1. The number of hydrogen-bond acceptors (Lipinski definition) is 5. The van der Waals surface area contributed by atoms with Crippen LogP contribution in [0.4, 0.5) is 10.5 Å². The molecule has 0 saturated carbocycles. The lowest BCUT2D eigenvalue weighted by molar-refractivity contribution is 0.251. The van der Waals surface area contributed by atoms with Crippen LogP contribution in [0.15, 0.2) is 42.0 Å². The average Bonchev–Trinajstić information content (AvgIpc) is 3.14. The molecule has 1 unspecified atom stereocenters. The zero-order valence-corrected chi connectivity index (χ0v) is 14.3. The first-order valence-electron chi connectivity index (χ1n) is 7.55. The average molecular weight is 342 g/mol. The molecule has 3 rings (SSSR count). The fourth-order valence-corrected chi connectivity index (χ4v) is 3.11. The highest BCUT2D eigenvalue weighted by Crippen LogP contribution is 2.28. The maximum atomic E-state index is 12.2. The van der Waals surface area contributed by atoms with E-state index in [-0.39, 0.29) is 11.9 Å². The van der Waals surface area contributed by atoms with E-state index in [0.717, 1.165) is 16.1 Å². The van der Waals surface area contributed by atoms with E-state index >= 15 is 0 Å². The van der Waals surface area contributed by atoms with Crippen LogP contribution in [0, 0.1) is 0 Å². The summed E-state index contributed by atoms with van der Waals surface area (Å²) in [6.45, 7) is 2.55. The van der Waals surface area contributed by atoms with Crippen molar-refractivity contribution >= 4 is 34.0 Å². The number of aromatic nitrogens is 2. The second-order valence-corrected chi connectivity index (χ2v) is 6.25. The number of rotatable bonds is 5. The normalized spacial score (nSPS) is 11.9. The lowest BCUT2D eigenvalue weighted by Crippen LogP contribution is -2.31. The van der Waals surface area contributed by atoms with E-state index in [1.807, 2.05) is 30.5 Å². The summed E-state index contributed by atoms with van der Waals surface area (Å²) in [7, 11) is 1.61.